The molecule has 0 radical (unpaired) electrons. The summed E-state index contributed by atoms with van der Waals surface area (Å²) in [6, 6.07) is 2.13. The van der Waals surface area contributed by atoms with Gasteiger partial charge in [0.15, 0.2) is 0 Å². The largest absolute Gasteiger partial charge is 0.364 e. The minimum Gasteiger partial charge on any atom is -0.364 e. The van der Waals surface area contributed by atoms with Crippen molar-refractivity contribution in [3.63, 3.8) is 0 Å². The van der Waals surface area contributed by atoms with E-state index in [9.17, 15) is 0 Å². The Labute approximate surface area is 130 Å². The molecule has 3 aromatic heterocycles. The summed E-state index contributed by atoms with van der Waals surface area (Å²) in [5.41, 5.74) is 3.53. The van der Waals surface area contributed by atoms with Crippen molar-refractivity contribution in [3.8, 4) is 0 Å². The number of rotatable bonds is 5. The Bertz CT molecular complexity index is 763. The summed E-state index contributed by atoms with van der Waals surface area (Å²) in [5.74, 6) is 6.66. The molecule has 3 rings (SSSR count). The maximum Gasteiger partial charge on any atom is 0.240 e. The zero-order valence-corrected chi connectivity index (χ0v) is 13.4. The molecule has 0 aromatic carbocycles. The number of hydrogen-bond donors (Lipinski definition) is 3. The topological polar surface area (TPSA) is 88.8 Å². The first kappa shape index (κ1) is 14.2. The predicted molar refractivity (Wildman–Crippen MR) is 88.8 cm³/mol. The van der Waals surface area contributed by atoms with Crippen LogP contribution in [-0.2, 0) is 13.0 Å². The van der Waals surface area contributed by atoms with Crippen LogP contribution in [-0.4, -0.2) is 15.0 Å². The van der Waals surface area contributed by atoms with E-state index >= 15 is 0 Å². The van der Waals surface area contributed by atoms with Gasteiger partial charge in [0, 0.05) is 10.3 Å². The molecule has 110 valence electrons. The lowest BCUT2D eigenvalue weighted by atomic mass is 10.3. The van der Waals surface area contributed by atoms with Crippen LogP contribution in [0.5, 0.6) is 0 Å². The van der Waals surface area contributed by atoms with Crippen LogP contribution in [0.3, 0.4) is 0 Å². The van der Waals surface area contributed by atoms with Crippen LogP contribution in [0.1, 0.15) is 22.5 Å². The quantitative estimate of drug-likeness (QED) is 0.495. The van der Waals surface area contributed by atoms with Crippen molar-refractivity contribution in [3.05, 3.63) is 27.0 Å². The second-order valence-corrected chi connectivity index (χ2v) is 6.71. The van der Waals surface area contributed by atoms with Crippen LogP contribution in [0.15, 0.2) is 11.4 Å². The number of aromatic nitrogens is 3. The summed E-state index contributed by atoms with van der Waals surface area (Å²) in [6.45, 7) is 4.77. The van der Waals surface area contributed by atoms with Crippen LogP contribution in [0, 0.1) is 6.92 Å². The highest BCUT2D eigenvalue weighted by atomic mass is 32.1. The molecule has 0 aliphatic heterocycles. The molecule has 0 unspecified atom stereocenters. The van der Waals surface area contributed by atoms with Gasteiger partial charge in [0.05, 0.1) is 22.6 Å². The molecule has 4 N–H and O–H groups in total. The smallest absolute Gasteiger partial charge is 0.240 e. The van der Waals surface area contributed by atoms with Gasteiger partial charge in [-0.15, -0.1) is 22.7 Å². The zero-order valence-electron chi connectivity index (χ0n) is 11.8. The van der Waals surface area contributed by atoms with Crippen molar-refractivity contribution in [2.75, 3.05) is 10.7 Å². The Morgan fingerprint density at radius 3 is 2.81 bits per heavy atom. The molecule has 0 fully saturated rings. The minimum absolute atomic E-state index is 0.420. The maximum absolute atomic E-state index is 5.45. The summed E-state index contributed by atoms with van der Waals surface area (Å²) in [6.07, 6.45) is 0.983. The fourth-order valence-electron chi connectivity index (χ4n) is 2.01. The first-order valence-corrected chi connectivity index (χ1v) is 8.31. The van der Waals surface area contributed by atoms with E-state index in [0.29, 0.717) is 12.5 Å². The van der Waals surface area contributed by atoms with Gasteiger partial charge < -0.3 is 5.32 Å². The van der Waals surface area contributed by atoms with Crippen molar-refractivity contribution in [1.82, 2.24) is 15.0 Å². The molecule has 6 nitrogen and oxygen atoms in total. The lowest BCUT2D eigenvalue weighted by molar-refractivity contribution is 1.03. The van der Waals surface area contributed by atoms with Gasteiger partial charge in [0.25, 0.3) is 0 Å². The molecule has 3 aromatic rings. The Hall–Kier alpha value is -1.77. The van der Waals surface area contributed by atoms with Crippen LogP contribution in [0.2, 0.25) is 0 Å². The zero-order chi connectivity index (χ0) is 14.8. The Morgan fingerprint density at radius 1 is 1.29 bits per heavy atom. The first-order chi connectivity index (χ1) is 10.2. The van der Waals surface area contributed by atoms with E-state index in [-0.39, 0.29) is 0 Å². The SMILES string of the molecule is CCc1cc2c(NCc3csc(C)n3)nc(NN)nc2s1. The van der Waals surface area contributed by atoms with Crippen molar-refractivity contribution in [1.29, 1.82) is 0 Å². The second kappa shape index (κ2) is 5.92. The third-order valence-corrected chi connectivity index (χ3v) is 5.02. The molecule has 0 spiro atoms. The van der Waals surface area contributed by atoms with Gasteiger partial charge in [-0.25, -0.2) is 15.8 Å². The highest BCUT2D eigenvalue weighted by Crippen LogP contribution is 2.30. The standard InChI is InChI=1S/C13H16N6S2/c1-3-9-4-10-11(15-5-8-6-20-7(2)16-8)17-13(19-14)18-12(10)21-9/h4,6H,3,5,14H2,1-2H3,(H2,15,17,18,19). The molecule has 0 amide bonds. The number of nitrogens with one attached hydrogen (secondary N) is 2. The summed E-state index contributed by atoms with van der Waals surface area (Å²) in [7, 11) is 0. The van der Waals surface area contributed by atoms with Crippen LogP contribution in [0.4, 0.5) is 11.8 Å². The van der Waals surface area contributed by atoms with E-state index in [4.69, 9.17) is 5.84 Å². The number of nitrogens with zero attached hydrogens (tertiary/aromatic N) is 3. The number of fused-ring (bicyclic) bond motifs is 1. The van der Waals surface area contributed by atoms with Gasteiger partial charge in [0.1, 0.15) is 10.6 Å². The predicted octanol–water partition coefficient (Wildman–Crippen LogP) is 2.92. The highest BCUT2D eigenvalue weighted by molar-refractivity contribution is 7.18. The Kier molecular flexibility index (Phi) is 4.00. The van der Waals surface area contributed by atoms with Crippen molar-refractivity contribution in [2.45, 2.75) is 26.8 Å². The number of hydrogen-bond acceptors (Lipinski definition) is 8. The molecule has 21 heavy (non-hydrogen) atoms. The fourth-order valence-corrected chi connectivity index (χ4v) is 3.59. The monoisotopic (exact) mass is 320 g/mol. The second-order valence-electron chi connectivity index (χ2n) is 4.54. The molecule has 0 aliphatic rings. The molecule has 0 atom stereocenters. The van der Waals surface area contributed by atoms with E-state index in [1.54, 1.807) is 22.7 Å². The van der Waals surface area contributed by atoms with E-state index in [1.807, 2.05) is 12.3 Å². The summed E-state index contributed by atoms with van der Waals surface area (Å²) >= 11 is 3.31. The summed E-state index contributed by atoms with van der Waals surface area (Å²) < 4.78 is 0. The Morgan fingerprint density at radius 2 is 2.14 bits per heavy atom. The number of thiophene rings is 1. The van der Waals surface area contributed by atoms with Crippen LogP contribution < -0.4 is 16.6 Å². The third-order valence-electron chi connectivity index (χ3n) is 3.02. The minimum atomic E-state index is 0.420. The van der Waals surface area contributed by atoms with Crippen LogP contribution >= 0.6 is 22.7 Å². The van der Waals surface area contributed by atoms with Gasteiger partial charge in [0.2, 0.25) is 5.95 Å². The number of anilines is 2. The number of nitrogens with two attached hydrogens (primary N) is 1. The molecule has 3 heterocycles. The third kappa shape index (κ3) is 2.97. The average molecular weight is 320 g/mol. The van der Waals surface area contributed by atoms with E-state index in [2.05, 4.69) is 38.7 Å². The van der Waals surface area contributed by atoms with Crippen molar-refractivity contribution in [2.24, 2.45) is 5.84 Å². The van der Waals surface area contributed by atoms with Gasteiger partial charge in [-0.05, 0) is 19.4 Å². The molecule has 0 bridgehead atoms. The lowest BCUT2D eigenvalue weighted by Crippen LogP contribution is -2.12. The lowest BCUT2D eigenvalue weighted by Gasteiger charge is -2.07. The van der Waals surface area contributed by atoms with Gasteiger partial charge in [-0.1, -0.05) is 6.92 Å². The molecule has 0 aliphatic carbocycles. The van der Waals surface area contributed by atoms with Crippen LogP contribution in [0.25, 0.3) is 10.2 Å². The number of hydrazine groups is 1. The number of aryl methyl sites for hydroxylation is 2. The first-order valence-electron chi connectivity index (χ1n) is 6.61. The van der Waals surface area contributed by atoms with Gasteiger partial charge >= 0.3 is 0 Å². The van der Waals surface area contributed by atoms with Gasteiger partial charge in [-0.2, -0.15) is 4.98 Å². The number of nitrogen functional groups attached to an aromatic ring is 1. The normalized spacial score (nSPS) is 11.0. The number of thiazole rings is 1. The highest BCUT2D eigenvalue weighted by Gasteiger charge is 2.11. The maximum atomic E-state index is 5.45. The van der Waals surface area contributed by atoms with E-state index in [1.165, 1.54) is 4.88 Å². The summed E-state index contributed by atoms with van der Waals surface area (Å²) in [4.78, 5) is 15.5. The summed E-state index contributed by atoms with van der Waals surface area (Å²) in [5, 5.41) is 7.48. The molecular formula is C13H16N6S2. The van der Waals surface area contributed by atoms with Gasteiger partial charge in [-0.3, -0.25) is 5.43 Å². The molecule has 0 saturated carbocycles. The van der Waals surface area contributed by atoms with Crippen molar-refractivity contribution >= 4 is 44.7 Å². The molecule has 0 saturated heterocycles. The fraction of sp³-hybridized carbons (Fsp3) is 0.308. The van der Waals surface area contributed by atoms with E-state index in [0.717, 1.165) is 33.2 Å². The molecule has 8 heteroatoms. The van der Waals surface area contributed by atoms with Crippen molar-refractivity contribution < 1.29 is 0 Å². The average Bonchev–Trinajstić information content (AvgIpc) is 3.10. The molecular weight excluding hydrogens is 304 g/mol. The van der Waals surface area contributed by atoms with E-state index < -0.39 is 0 Å². The Balaban J connectivity index is 1.93.